The van der Waals surface area contributed by atoms with E-state index in [1.807, 2.05) is 0 Å². The molecule has 70 valence electrons. The van der Waals surface area contributed by atoms with Crippen molar-refractivity contribution in [3.05, 3.63) is 0 Å². The minimum Gasteiger partial charge on any atom is -0.342 e. The Balaban J connectivity index is 2.48. The summed E-state index contributed by atoms with van der Waals surface area (Å²) >= 11 is 0. The minimum absolute atomic E-state index is 0.505. The molecule has 1 rings (SSSR count). The maximum atomic E-state index is 11.0. The summed E-state index contributed by atoms with van der Waals surface area (Å²) in [5.41, 5.74) is 0. The van der Waals surface area contributed by atoms with E-state index in [2.05, 4.69) is 0 Å². The fourth-order valence-corrected chi connectivity index (χ4v) is 1.71. The van der Waals surface area contributed by atoms with E-state index in [4.69, 9.17) is 4.55 Å². The van der Waals surface area contributed by atoms with Crippen LogP contribution in [0.3, 0.4) is 0 Å². The average Bonchev–Trinajstić information content (AvgIpc) is 2.32. The Morgan fingerprint density at radius 1 is 1.33 bits per heavy atom. The van der Waals surface area contributed by atoms with Crippen LogP contribution in [0.4, 0.5) is 0 Å². The number of amides is 1. The van der Waals surface area contributed by atoms with Gasteiger partial charge in [-0.15, -0.1) is 0 Å². The lowest BCUT2D eigenvalue weighted by Gasteiger charge is -2.13. The lowest BCUT2D eigenvalue weighted by Crippen LogP contribution is -2.33. The first-order chi connectivity index (χ1) is 5.49. The summed E-state index contributed by atoms with van der Waals surface area (Å²) in [5, 5.41) is 0. The summed E-state index contributed by atoms with van der Waals surface area (Å²) in [6.45, 7) is 1.21. The van der Waals surface area contributed by atoms with Crippen molar-refractivity contribution in [1.29, 1.82) is 0 Å². The van der Waals surface area contributed by atoms with Crippen molar-refractivity contribution in [2.75, 3.05) is 18.8 Å². The Morgan fingerprint density at radius 3 is 2.25 bits per heavy atom. The van der Waals surface area contributed by atoms with Gasteiger partial charge in [-0.25, -0.2) is 0 Å². The third kappa shape index (κ3) is 2.78. The van der Waals surface area contributed by atoms with Gasteiger partial charge in [-0.05, 0) is 12.8 Å². The number of rotatable bonds is 2. The van der Waals surface area contributed by atoms with Crippen molar-refractivity contribution in [2.45, 2.75) is 12.8 Å². The van der Waals surface area contributed by atoms with E-state index in [-0.39, 0.29) is 0 Å². The monoisotopic (exact) mass is 193 g/mol. The molecule has 0 aromatic heterocycles. The highest BCUT2D eigenvalue weighted by Gasteiger charge is 2.22. The molecule has 0 spiro atoms. The van der Waals surface area contributed by atoms with Crippen LogP contribution in [0, 0.1) is 0 Å². The number of carbonyl (C=O) groups excluding carboxylic acids is 1. The first-order valence-corrected chi connectivity index (χ1v) is 5.33. The molecule has 1 amide bonds. The number of likely N-dealkylation sites (tertiary alicyclic amines) is 1. The molecule has 1 N–H and O–H groups in total. The van der Waals surface area contributed by atoms with Crippen molar-refractivity contribution in [3.63, 3.8) is 0 Å². The molecule has 5 nitrogen and oxygen atoms in total. The second-order valence-corrected chi connectivity index (χ2v) is 4.27. The highest BCUT2D eigenvalue weighted by molar-refractivity contribution is 7.86. The fraction of sp³-hybridized carbons (Fsp3) is 0.833. The Hall–Kier alpha value is -0.620. The zero-order valence-corrected chi connectivity index (χ0v) is 7.38. The second kappa shape index (κ2) is 3.40. The van der Waals surface area contributed by atoms with E-state index in [1.54, 1.807) is 0 Å². The van der Waals surface area contributed by atoms with Crippen LogP contribution in [0.25, 0.3) is 0 Å². The number of hydrogen-bond donors (Lipinski definition) is 1. The molecular formula is C6H11NO4S. The van der Waals surface area contributed by atoms with Crippen LogP contribution in [0.1, 0.15) is 12.8 Å². The molecule has 0 saturated carbocycles. The van der Waals surface area contributed by atoms with Crippen LogP contribution >= 0.6 is 0 Å². The molecule has 1 aliphatic heterocycles. The van der Waals surface area contributed by atoms with Crippen LogP contribution in [0.5, 0.6) is 0 Å². The maximum Gasteiger partial charge on any atom is 0.274 e. The highest BCUT2D eigenvalue weighted by atomic mass is 32.2. The van der Waals surface area contributed by atoms with E-state index >= 15 is 0 Å². The number of carbonyl (C=O) groups is 1. The normalized spacial score (nSPS) is 18.2. The van der Waals surface area contributed by atoms with Gasteiger partial charge in [0.1, 0.15) is 0 Å². The average molecular weight is 193 g/mol. The van der Waals surface area contributed by atoms with Gasteiger partial charge >= 0.3 is 0 Å². The number of hydrogen-bond acceptors (Lipinski definition) is 3. The predicted molar refractivity (Wildman–Crippen MR) is 42.2 cm³/mol. The molecule has 0 aromatic rings. The molecule has 1 heterocycles. The quantitative estimate of drug-likeness (QED) is 0.600. The summed E-state index contributed by atoms with van der Waals surface area (Å²) in [7, 11) is -4.15. The van der Waals surface area contributed by atoms with Gasteiger partial charge < -0.3 is 4.90 Å². The molecule has 0 unspecified atom stereocenters. The molecule has 0 atom stereocenters. The van der Waals surface area contributed by atoms with Crippen molar-refractivity contribution < 1.29 is 17.8 Å². The minimum atomic E-state index is -4.15. The SMILES string of the molecule is O=C(CS(=O)(=O)O)N1CCCC1. The van der Waals surface area contributed by atoms with Crippen LogP contribution in [-0.2, 0) is 14.9 Å². The standard InChI is InChI=1S/C6H11NO4S/c8-6(5-12(9,10)11)7-3-1-2-4-7/h1-5H2,(H,9,10,11). The highest BCUT2D eigenvalue weighted by Crippen LogP contribution is 2.07. The molecule has 6 heteroatoms. The number of nitrogens with zero attached hydrogens (tertiary/aromatic N) is 1. The zero-order chi connectivity index (χ0) is 9.19. The van der Waals surface area contributed by atoms with Gasteiger partial charge in [0.15, 0.2) is 5.75 Å². The first kappa shape index (κ1) is 9.47. The van der Waals surface area contributed by atoms with Gasteiger partial charge in [-0.2, -0.15) is 8.42 Å². The molecule has 0 aliphatic carbocycles. The van der Waals surface area contributed by atoms with Crippen molar-refractivity contribution in [1.82, 2.24) is 4.90 Å². The second-order valence-electron chi connectivity index (χ2n) is 2.81. The van der Waals surface area contributed by atoms with Gasteiger partial charge in [0, 0.05) is 13.1 Å². The van der Waals surface area contributed by atoms with Gasteiger partial charge in [0.05, 0.1) is 0 Å². The van der Waals surface area contributed by atoms with E-state index in [1.165, 1.54) is 4.90 Å². The smallest absolute Gasteiger partial charge is 0.274 e. The third-order valence-corrected chi connectivity index (χ3v) is 2.38. The molecule has 12 heavy (non-hydrogen) atoms. The largest absolute Gasteiger partial charge is 0.342 e. The molecule has 0 radical (unpaired) electrons. The van der Waals surface area contributed by atoms with Gasteiger partial charge in [-0.3, -0.25) is 9.35 Å². The third-order valence-electron chi connectivity index (χ3n) is 1.76. The molecule has 0 bridgehead atoms. The van der Waals surface area contributed by atoms with E-state index in [0.717, 1.165) is 12.8 Å². The van der Waals surface area contributed by atoms with Crippen LogP contribution in [0.15, 0.2) is 0 Å². The maximum absolute atomic E-state index is 11.0. The van der Waals surface area contributed by atoms with Crippen LogP contribution < -0.4 is 0 Å². The van der Waals surface area contributed by atoms with Gasteiger partial charge in [0.2, 0.25) is 5.91 Å². The van der Waals surface area contributed by atoms with Crippen molar-refractivity contribution >= 4 is 16.0 Å². The van der Waals surface area contributed by atoms with Crippen LogP contribution in [0.2, 0.25) is 0 Å². The van der Waals surface area contributed by atoms with Crippen molar-refractivity contribution in [3.8, 4) is 0 Å². The van der Waals surface area contributed by atoms with Gasteiger partial charge in [-0.1, -0.05) is 0 Å². The fourth-order valence-electron chi connectivity index (χ4n) is 1.21. The molecule has 1 fully saturated rings. The van der Waals surface area contributed by atoms with E-state index in [9.17, 15) is 13.2 Å². The van der Waals surface area contributed by atoms with Gasteiger partial charge in [0.25, 0.3) is 10.1 Å². The summed E-state index contributed by atoms with van der Waals surface area (Å²) in [4.78, 5) is 12.5. The zero-order valence-electron chi connectivity index (χ0n) is 6.56. The Morgan fingerprint density at radius 2 is 1.83 bits per heavy atom. The molecule has 0 aromatic carbocycles. The molecule has 1 saturated heterocycles. The lowest BCUT2D eigenvalue weighted by molar-refractivity contribution is -0.127. The topological polar surface area (TPSA) is 74.7 Å². The summed E-state index contributed by atoms with van der Waals surface area (Å²) < 4.78 is 29.0. The Labute approximate surface area is 71.1 Å². The Kier molecular flexibility index (Phi) is 2.69. The first-order valence-electron chi connectivity index (χ1n) is 3.72. The summed E-state index contributed by atoms with van der Waals surface area (Å²) in [5.74, 6) is -1.29. The Bertz CT molecular complexity index is 265. The molecule has 1 aliphatic rings. The summed E-state index contributed by atoms with van der Waals surface area (Å²) in [6.07, 6.45) is 1.83. The van der Waals surface area contributed by atoms with E-state index < -0.39 is 21.8 Å². The summed E-state index contributed by atoms with van der Waals surface area (Å²) in [6, 6.07) is 0. The van der Waals surface area contributed by atoms with Crippen LogP contribution in [-0.4, -0.2) is 42.6 Å². The lowest BCUT2D eigenvalue weighted by atomic mass is 10.4. The van der Waals surface area contributed by atoms with Crippen molar-refractivity contribution in [2.24, 2.45) is 0 Å². The van der Waals surface area contributed by atoms with E-state index in [0.29, 0.717) is 13.1 Å². The molecular weight excluding hydrogens is 182 g/mol. The predicted octanol–water partition coefficient (Wildman–Crippen LogP) is -0.503.